The summed E-state index contributed by atoms with van der Waals surface area (Å²) in [5.74, 6) is 0.0185. The average Bonchev–Trinajstić information content (AvgIpc) is 1.96. The van der Waals surface area contributed by atoms with Crippen LogP contribution in [0.5, 0.6) is 0 Å². The third-order valence-corrected chi connectivity index (χ3v) is 3.06. The minimum absolute atomic E-state index is 0.0185. The highest BCUT2D eigenvalue weighted by Gasteiger charge is 2.07. The van der Waals surface area contributed by atoms with Crippen LogP contribution in [0.2, 0.25) is 0 Å². The van der Waals surface area contributed by atoms with E-state index in [1.165, 1.54) is 6.92 Å². The summed E-state index contributed by atoms with van der Waals surface area (Å²) in [6.07, 6.45) is 0. The van der Waals surface area contributed by atoms with Gasteiger partial charge in [-0.2, -0.15) is 0 Å². The molecule has 0 aliphatic heterocycles. The first kappa shape index (κ1) is 9.98. The predicted octanol–water partition coefficient (Wildman–Crippen LogP) is 2.84. The number of rotatable bonds is 1. The molecule has 0 unspecified atom stereocenters. The molecular weight excluding hydrogens is 333 g/mol. The van der Waals surface area contributed by atoms with Gasteiger partial charge in [0.15, 0.2) is 5.78 Å². The first-order valence-corrected chi connectivity index (χ1v) is 5.15. The fourth-order valence-electron chi connectivity index (χ4n) is 0.836. The monoisotopic (exact) mass is 339 g/mol. The summed E-state index contributed by atoms with van der Waals surface area (Å²) in [6.45, 7) is 1.52. The van der Waals surface area contributed by atoms with Crippen molar-refractivity contribution in [1.29, 1.82) is 0 Å². The second-order valence-corrected chi connectivity index (χ2v) is 4.43. The Hall–Kier alpha value is -0.100. The lowest BCUT2D eigenvalue weighted by molar-refractivity contribution is 0.101. The minimum atomic E-state index is 0.0185. The number of carbonyl (C=O) groups excluding carboxylic acids is 1. The minimum Gasteiger partial charge on any atom is -0.398 e. The van der Waals surface area contributed by atoms with Crippen LogP contribution in [0, 0.1) is 3.57 Å². The Morgan fingerprint density at radius 1 is 1.58 bits per heavy atom. The van der Waals surface area contributed by atoms with E-state index in [4.69, 9.17) is 5.73 Å². The Morgan fingerprint density at radius 2 is 2.17 bits per heavy atom. The SMILES string of the molecule is CC(=O)c1cc(N)c(I)cc1Br. The van der Waals surface area contributed by atoms with E-state index in [2.05, 4.69) is 38.5 Å². The number of benzene rings is 1. The van der Waals surface area contributed by atoms with Crippen molar-refractivity contribution < 1.29 is 4.79 Å². The van der Waals surface area contributed by atoms with Crippen LogP contribution in [0.4, 0.5) is 5.69 Å². The molecule has 0 aliphatic rings. The largest absolute Gasteiger partial charge is 0.398 e. The molecule has 0 aromatic heterocycles. The average molecular weight is 340 g/mol. The fraction of sp³-hybridized carbons (Fsp3) is 0.125. The molecular formula is C8H7BrINO. The molecule has 4 heteroatoms. The van der Waals surface area contributed by atoms with Gasteiger partial charge in [-0.15, -0.1) is 0 Å². The normalized spacial score (nSPS) is 9.92. The van der Waals surface area contributed by atoms with Crippen LogP contribution >= 0.6 is 38.5 Å². The standard InChI is InChI=1S/C8H7BrINO/c1-4(12)5-2-8(11)7(10)3-6(5)9/h2-3H,11H2,1H3. The topological polar surface area (TPSA) is 43.1 Å². The first-order valence-electron chi connectivity index (χ1n) is 3.28. The molecule has 1 aromatic carbocycles. The third-order valence-electron chi connectivity index (χ3n) is 1.47. The first-order chi connectivity index (χ1) is 5.52. The van der Waals surface area contributed by atoms with E-state index >= 15 is 0 Å². The van der Waals surface area contributed by atoms with Crippen molar-refractivity contribution in [2.24, 2.45) is 0 Å². The molecule has 0 saturated carbocycles. The van der Waals surface area contributed by atoms with Gasteiger partial charge >= 0.3 is 0 Å². The van der Waals surface area contributed by atoms with Gasteiger partial charge in [-0.3, -0.25) is 4.79 Å². The van der Waals surface area contributed by atoms with E-state index < -0.39 is 0 Å². The van der Waals surface area contributed by atoms with Crippen LogP contribution in [-0.4, -0.2) is 5.78 Å². The highest BCUT2D eigenvalue weighted by Crippen LogP contribution is 2.25. The summed E-state index contributed by atoms with van der Waals surface area (Å²) < 4.78 is 1.75. The maximum atomic E-state index is 11.0. The van der Waals surface area contributed by atoms with Gasteiger partial charge in [0, 0.05) is 19.3 Å². The van der Waals surface area contributed by atoms with Crippen molar-refractivity contribution in [3.63, 3.8) is 0 Å². The summed E-state index contributed by atoms with van der Waals surface area (Å²) in [5, 5.41) is 0. The van der Waals surface area contributed by atoms with Gasteiger partial charge in [0.1, 0.15) is 0 Å². The highest BCUT2D eigenvalue weighted by atomic mass is 127. The van der Waals surface area contributed by atoms with Crippen LogP contribution in [0.1, 0.15) is 17.3 Å². The van der Waals surface area contributed by atoms with Gasteiger partial charge in [-0.1, -0.05) is 15.9 Å². The second-order valence-electron chi connectivity index (χ2n) is 2.41. The summed E-state index contributed by atoms with van der Waals surface area (Å²) in [6, 6.07) is 3.53. The molecule has 1 rings (SSSR count). The zero-order valence-corrected chi connectivity index (χ0v) is 10.1. The molecule has 0 spiro atoms. The lowest BCUT2D eigenvalue weighted by Gasteiger charge is -2.03. The number of carbonyl (C=O) groups is 1. The van der Waals surface area contributed by atoms with Crippen LogP contribution < -0.4 is 5.73 Å². The summed E-state index contributed by atoms with van der Waals surface area (Å²) >= 11 is 5.42. The number of nitrogens with two attached hydrogens (primary N) is 1. The quantitative estimate of drug-likeness (QED) is 0.485. The summed E-state index contributed by atoms with van der Waals surface area (Å²) in [5.41, 5.74) is 6.92. The zero-order valence-electron chi connectivity index (χ0n) is 6.40. The lowest BCUT2D eigenvalue weighted by atomic mass is 10.1. The fourth-order valence-corrected chi connectivity index (χ4v) is 2.35. The number of anilines is 1. The van der Waals surface area contributed by atoms with Crippen molar-refractivity contribution >= 4 is 50.0 Å². The molecule has 64 valence electrons. The van der Waals surface area contributed by atoms with Gasteiger partial charge in [0.2, 0.25) is 0 Å². The molecule has 2 N–H and O–H groups in total. The highest BCUT2D eigenvalue weighted by molar-refractivity contribution is 14.1. The molecule has 0 fully saturated rings. The van der Waals surface area contributed by atoms with E-state index in [0.29, 0.717) is 11.3 Å². The molecule has 0 amide bonds. The molecule has 1 aromatic rings. The van der Waals surface area contributed by atoms with Gasteiger partial charge in [0.05, 0.1) is 0 Å². The Labute approximate surface area is 92.8 Å². The van der Waals surface area contributed by atoms with Crippen LogP contribution in [0.25, 0.3) is 0 Å². The van der Waals surface area contributed by atoms with Crippen molar-refractivity contribution in [3.8, 4) is 0 Å². The van der Waals surface area contributed by atoms with E-state index in [-0.39, 0.29) is 5.78 Å². The van der Waals surface area contributed by atoms with Crippen molar-refractivity contribution in [2.45, 2.75) is 6.92 Å². The predicted molar refractivity (Wildman–Crippen MR) is 61.3 cm³/mol. The molecule has 0 atom stereocenters. The van der Waals surface area contributed by atoms with Crippen molar-refractivity contribution in [2.75, 3.05) is 5.73 Å². The molecule has 2 nitrogen and oxygen atoms in total. The Morgan fingerprint density at radius 3 is 2.67 bits per heavy atom. The molecule has 0 saturated heterocycles. The van der Waals surface area contributed by atoms with Crippen molar-refractivity contribution in [3.05, 3.63) is 25.7 Å². The number of halogens is 2. The van der Waals surface area contributed by atoms with E-state index in [0.717, 1.165) is 8.04 Å². The van der Waals surface area contributed by atoms with E-state index in [9.17, 15) is 4.79 Å². The van der Waals surface area contributed by atoms with Crippen LogP contribution in [-0.2, 0) is 0 Å². The third kappa shape index (κ3) is 1.98. The summed E-state index contributed by atoms with van der Waals surface area (Å²) in [4.78, 5) is 11.0. The van der Waals surface area contributed by atoms with E-state index in [1.807, 2.05) is 6.07 Å². The van der Waals surface area contributed by atoms with Gasteiger partial charge in [-0.05, 0) is 41.6 Å². The number of hydrogen-bond donors (Lipinski definition) is 1. The van der Waals surface area contributed by atoms with Crippen LogP contribution in [0.3, 0.4) is 0 Å². The molecule has 0 radical (unpaired) electrons. The van der Waals surface area contributed by atoms with E-state index in [1.54, 1.807) is 6.07 Å². The number of hydrogen-bond acceptors (Lipinski definition) is 2. The zero-order chi connectivity index (χ0) is 9.30. The maximum absolute atomic E-state index is 11.0. The number of ketones is 1. The number of Topliss-reactive ketones (excluding diaryl/α,β-unsaturated/α-hetero) is 1. The second kappa shape index (κ2) is 3.74. The Kier molecular flexibility index (Phi) is 3.11. The van der Waals surface area contributed by atoms with Gasteiger partial charge < -0.3 is 5.73 Å². The molecule has 0 heterocycles. The van der Waals surface area contributed by atoms with Gasteiger partial charge in [-0.25, -0.2) is 0 Å². The molecule has 0 bridgehead atoms. The Balaban J connectivity index is 3.33. The van der Waals surface area contributed by atoms with Crippen LogP contribution in [0.15, 0.2) is 16.6 Å². The smallest absolute Gasteiger partial charge is 0.161 e. The maximum Gasteiger partial charge on any atom is 0.161 e. The summed E-state index contributed by atoms with van der Waals surface area (Å²) in [7, 11) is 0. The number of nitrogen functional groups attached to an aromatic ring is 1. The molecule has 0 aliphatic carbocycles. The van der Waals surface area contributed by atoms with Crippen molar-refractivity contribution in [1.82, 2.24) is 0 Å². The Bertz CT molecular complexity index is 338. The molecule has 12 heavy (non-hydrogen) atoms. The van der Waals surface area contributed by atoms with Gasteiger partial charge in [0.25, 0.3) is 0 Å². The lowest BCUT2D eigenvalue weighted by Crippen LogP contribution is -1.98.